The zero-order valence-corrected chi connectivity index (χ0v) is 13.1. The number of halogens is 2. The summed E-state index contributed by atoms with van der Waals surface area (Å²) in [6.45, 7) is 1.04. The monoisotopic (exact) mass is 360 g/mol. The van der Waals surface area contributed by atoms with E-state index in [1.54, 1.807) is 0 Å². The average molecular weight is 362 g/mol. The van der Waals surface area contributed by atoms with Gasteiger partial charge in [-0.1, -0.05) is 35.2 Å². The van der Waals surface area contributed by atoms with Crippen LogP contribution in [0.15, 0.2) is 22.8 Å². The van der Waals surface area contributed by atoms with Crippen molar-refractivity contribution >= 4 is 37.7 Å². The first-order valence-electron chi connectivity index (χ1n) is 6.25. The summed E-state index contributed by atoms with van der Waals surface area (Å²) in [6.07, 6.45) is 8.63. The van der Waals surface area contributed by atoms with Crippen LogP contribution in [0.25, 0.3) is 0 Å². The van der Waals surface area contributed by atoms with E-state index in [-0.39, 0.29) is 0 Å². The highest BCUT2D eigenvalue weighted by Gasteiger charge is 2.21. The van der Waals surface area contributed by atoms with E-state index < -0.39 is 0 Å². The Hall–Kier alpha value is -0.0900. The van der Waals surface area contributed by atoms with Gasteiger partial charge < -0.3 is 4.90 Å². The number of anilines is 1. The zero-order chi connectivity index (χ0) is 12.1. The van der Waals surface area contributed by atoms with E-state index in [0.717, 1.165) is 22.2 Å². The van der Waals surface area contributed by atoms with Crippen LogP contribution in [-0.4, -0.2) is 22.9 Å². The Labute approximate surface area is 120 Å². The molecule has 2 rings (SSSR count). The maximum atomic E-state index is 4.53. The van der Waals surface area contributed by atoms with Crippen LogP contribution in [0.2, 0.25) is 0 Å². The van der Waals surface area contributed by atoms with E-state index in [2.05, 4.69) is 53.9 Å². The zero-order valence-electron chi connectivity index (χ0n) is 9.91. The number of rotatable bonds is 4. The van der Waals surface area contributed by atoms with Crippen molar-refractivity contribution in [1.29, 1.82) is 0 Å². The maximum Gasteiger partial charge on any atom is 0.128 e. The highest BCUT2D eigenvalue weighted by molar-refractivity contribution is 9.10. The van der Waals surface area contributed by atoms with Crippen molar-refractivity contribution in [3.8, 4) is 0 Å². The Morgan fingerprint density at radius 1 is 1.24 bits per heavy atom. The molecule has 1 aromatic heterocycles. The van der Waals surface area contributed by atoms with Gasteiger partial charge in [0.1, 0.15) is 5.82 Å². The largest absolute Gasteiger partial charge is 0.353 e. The molecule has 94 valence electrons. The Morgan fingerprint density at radius 2 is 2.00 bits per heavy atom. The van der Waals surface area contributed by atoms with Crippen molar-refractivity contribution in [2.45, 2.75) is 38.1 Å². The molecule has 1 aliphatic carbocycles. The van der Waals surface area contributed by atoms with Crippen LogP contribution in [-0.2, 0) is 0 Å². The average Bonchev–Trinajstić information content (AvgIpc) is 2.38. The van der Waals surface area contributed by atoms with Crippen LogP contribution >= 0.6 is 31.9 Å². The number of alkyl halides is 1. The summed E-state index contributed by atoms with van der Waals surface area (Å²) in [5.41, 5.74) is 0. The fourth-order valence-electron chi connectivity index (χ4n) is 2.51. The lowest BCUT2D eigenvalue weighted by atomic mass is 9.94. The van der Waals surface area contributed by atoms with E-state index in [4.69, 9.17) is 0 Å². The van der Waals surface area contributed by atoms with Gasteiger partial charge in [0.05, 0.1) is 0 Å². The van der Waals surface area contributed by atoms with Crippen LogP contribution in [0, 0.1) is 0 Å². The molecule has 2 nitrogen and oxygen atoms in total. The Balaban J connectivity index is 2.12. The Bertz CT molecular complexity index is 334. The third-order valence-corrected chi connectivity index (χ3v) is 4.17. The van der Waals surface area contributed by atoms with Crippen LogP contribution < -0.4 is 4.90 Å². The van der Waals surface area contributed by atoms with E-state index in [1.807, 2.05) is 6.20 Å². The Kier molecular flexibility index (Phi) is 5.29. The standard InChI is InChI=1S/C13H18Br2N2/c14-8-9-17(12-4-2-1-3-5-12)13-7-6-11(15)10-16-13/h6-7,10,12H,1-5,8-9H2. The molecule has 0 radical (unpaired) electrons. The molecule has 1 aliphatic rings. The van der Waals surface area contributed by atoms with Gasteiger partial charge in [-0.25, -0.2) is 4.98 Å². The molecule has 17 heavy (non-hydrogen) atoms. The minimum absolute atomic E-state index is 0.676. The van der Waals surface area contributed by atoms with Gasteiger partial charge in [-0.05, 0) is 40.9 Å². The smallest absolute Gasteiger partial charge is 0.128 e. The fraction of sp³-hybridized carbons (Fsp3) is 0.615. The highest BCUT2D eigenvalue weighted by Crippen LogP contribution is 2.26. The van der Waals surface area contributed by atoms with Crippen molar-refractivity contribution in [1.82, 2.24) is 4.98 Å². The molecular weight excluding hydrogens is 344 g/mol. The molecule has 0 spiro atoms. The SMILES string of the molecule is BrCCN(c1ccc(Br)cn1)C1CCCCC1. The highest BCUT2D eigenvalue weighted by atomic mass is 79.9. The van der Waals surface area contributed by atoms with Crippen molar-refractivity contribution in [3.05, 3.63) is 22.8 Å². The van der Waals surface area contributed by atoms with Crippen molar-refractivity contribution in [2.75, 3.05) is 16.8 Å². The van der Waals surface area contributed by atoms with Gasteiger partial charge in [0.2, 0.25) is 0 Å². The molecule has 0 bridgehead atoms. The van der Waals surface area contributed by atoms with E-state index in [9.17, 15) is 0 Å². The fourth-order valence-corrected chi connectivity index (χ4v) is 3.12. The van der Waals surface area contributed by atoms with Gasteiger partial charge in [-0.2, -0.15) is 0 Å². The minimum atomic E-state index is 0.676. The van der Waals surface area contributed by atoms with E-state index in [0.29, 0.717) is 6.04 Å². The molecule has 0 saturated heterocycles. The summed E-state index contributed by atoms with van der Waals surface area (Å²) < 4.78 is 1.05. The summed E-state index contributed by atoms with van der Waals surface area (Å²) in [5, 5.41) is 1.00. The second-order valence-electron chi connectivity index (χ2n) is 4.51. The van der Waals surface area contributed by atoms with Crippen molar-refractivity contribution in [3.63, 3.8) is 0 Å². The number of aromatic nitrogens is 1. The van der Waals surface area contributed by atoms with Crippen molar-refractivity contribution < 1.29 is 0 Å². The number of pyridine rings is 1. The molecule has 0 aliphatic heterocycles. The molecule has 0 atom stereocenters. The third kappa shape index (κ3) is 3.68. The first kappa shape index (κ1) is 13.3. The summed E-state index contributed by atoms with van der Waals surface area (Å²) >= 11 is 6.99. The molecule has 1 fully saturated rings. The lowest BCUT2D eigenvalue weighted by molar-refractivity contribution is 0.417. The van der Waals surface area contributed by atoms with Gasteiger partial charge in [-0.15, -0.1) is 0 Å². The Morgan fingerprint density at radius 3 is 2.59 bits per heavy atom. The van der Waals surface area contributed by atoms with Gasteiger partial charge >= 0.3 is 0 Å². The van der Waals surface area contributed by atoms with Gasteiger partial charge in [0, 0.05) is 28.6 Å². The van der Waals surface area contributed by atoms with Crippen LogP contribution in [0.5, 0.6) is 0 Å². The predicted octanol–water partition coefficient (Wildman–Crippen LogP) is 4.38. The molecule has 0 aromatic carbocycles. The summed E-state index contributed by atoms with van der Waals surface area (Å²) in [6, 6.07) is 4.86. The first-order valence-corrected chi connectivity index (χ1v) is 8.17. The number of nitrogens with zero attached hydrogens (tertiary/aromatic N) is 2. The lowest BCUT2D eigenvalue weighted by Gasteiger charge is -2.35. The van der Waals surface area contributed by atoms with Crippen LogP contribution in [0.3, 0.4) is 0 Å². The summed E-state index contributed by atoms with van der Waals surface area (Å²) in [4.78, 5) is 6.99. The second-order valence-corrected chi connectivity index (χ2v) is 6.22. The van der Waals surface area contributed by atoms with Gasteiger partial charge in [0.25, 0.3) is 0 Å². The minimum Gasteiger partial charge on any atom is -0.353 e. The van der Waals surface area contributed by atoms with Crippen LogP contribution in [0.1, 0.15) is 32.1 Å². The number of hydrogen-bond acceptors (Lipinski definition) is 2. The number of hydrogen-bond donors (Lipinski definition) is 0. The maximum absolute atomic E-state index is 4.53. The van der Waals surface area contributed by atoms with Gasteiger partial charge in [0.15, 0.2) is 0 Å². The second kappa shape index (κ2) is 6.74. The van der Waals surface area contributed by atoms with Crippen LogP contribution in [0.4, 0.5) is 5.82 Å². The summed E-state index contributed by atoms with van der Waals surface area (Å²) in [5.74, 6) is 1.11. The normalized spacial score (nSPS) is 17.1. The quantitative estimate of drug-likeness (QED) is 0.740. The first-order chi connectivity index (χ1) is 8.31. The molecule has 1 heterocycles. The topological polar surface area (TPSA) is 16.1 Å². The molecular formula is C13H18Br2N2. The third-order valence-electron chi connectivity index (χ3n) is 3.35. The predicted molar refractivity (Wildman–Crippen MR) is 80.0 cm³/mol. The van der Waals surface area contributed by atoms with Crippen molar-refractivity contribution in [2.24, 2.45) is 0 Å². The molecule has 1 saturated carbocycles. The van der Waals surface area contributed by atoms with E-state index in [1.165, 1.54) is 32.1 Å². The van der Waals surface area contributed by atoms with E-state index >= 15 is 0 Å². The molecule has 0 N–H and O–H groups in total. The summed E-state index contributed by atoms with van der Waals surface area (Å²) in [7, 11) is 0. The molecule has 4 heteroatoms. The molecule has 0 unspecified atom stereocenters. The lowest BCUT2D eigenvalue weighted by Crippen LogP contribution is -2.38. The van der Waals surface area contributed by atoms with Gasteiger partial charge in [-0.3, -0.25) is 0 Å². The molecule has 1 aromatic rings. The molecule has 0 amide bonds.